The van der Waals surface area contributed by atoms with Crippen LogP contribution in [0.1, 0.15) is 43.6 Å². The van der Waals surface area contributed by atoms with Crippen molar-refractivity contribution in [2.45, 2.75) is 38.6 Å². The average Bonchev–Trinajstić information content (AvgIpc) is 2.82. The largest absolute Gasteiger partial charge is 0.336 e. The van der Waals surface area contributed by atoms with Crippen LogP contribution in [-0.4, -0.2) is 16.6 Å². The first-order chi connectivity index (χ1) is 9.41. The summed E-state index contributed by atoms with van der Waals surface area (Å²) in [5.41, 5.74) is 4.15. The summed E-state index contributed by atoms with van der Waals surface area (Å²) in [4.78, 5) is 4.20. The molecule has 0 spiro atoms. The topological polar surface area (TPSA) is 29.9 Å². The van der Waals surface area contributed by atoms with Crippen LogP contribution in [0.5, 0.6) is 0 Å². The van der Waals surface area contributed by atoms with Crippen molar-refractivity contribution in [3.8, 4) is 0 Å². The lowest BCUT2D eigenvalue weighted by molar-refractivity contribution is 0.554. The molecule has 0 aliphatic rings. The van der Waals surface area contributed by atoms with Gasteiger partial charge in [-0.1, -0.05) is 45.0 Å². The van der Waals surface area contributed by atoms with E-state index < -0.39 is 0 Å². The molecular weight excluding hydrogens is 246 g/mol. The number of hydrogen-bond donors (Lipinski definition) is 1. The van der Waals surface area contributed by atoms with Crippen molar-refractivity contribution in [3.63, 3.8) is 0 Å². The van der Waals surface area contributed by atoms with Gasteiger partial charge in [-0.15, -0.1) is 0 Å². The van der Waals surface area contributed by atoms with E-state index in [9.17, 15) is 0 Å². The fourth-order valence-electron chi connectivity index (χ4n) is 2.43. The maximum atomic E-state index is 4.20. The van der Waals surface area contributed by atoms with Gasteiger partial charge in [0.1, 0.15) is 0 Å². The highest BCUT2D eigenvalue weighted by Gasteiger charge is 2.15. The first-order valence-electron chi connectivity index (χ1n) is 7.14. The lowest BCUT2D eigenvalue weighted by Crippen LogP contribution is -2.21. The quantitative estimate of drug-likeness (QED) is 0.925. The molecule has 0 fully saturated rings. The molecule has 1 atom stereocenters. The fraction of sp³-hybridized carbons (Fsp3) is 0.471. The van der Waals surface area contributed by atoms with Crippen LogP contribution in [0.4, 0.5) is 0 Å². The van der Waals surface area contributed by atoms with E-state index in [2.05, 4.69) is 59.9 Å². The number of nitrogens with zero attached hydrogens (tertiary/aromatic N) is 2. The number of benzene rings is 1. The number of rotatable bonds is 4. The molecule has 108 valence electrons. The zero-order valence-corrected chi connectivity index (χ0v) is 13.1. The van der Waals surface area contributed by atoms with E-state index in [4.69, 9.17) is 0 Å². The minimum Gasteiger partial charge on any atom is -0.336 e. The van der Waals surface area contributed by atoms with Gasteiger partial charge < -0.3 is 9.88 Å². The highest BCUT2D eigenvalue weighted by Crippen LogP contribution is 2.24. The first-order valence-corrected chi connectivity index (χ1v) is 7.14. The van der Waals surface area contributed by atoms with Gasteiger partial charge in [0, 0.05) is 13.2 Å². The fourth-order valence-corrected chi connectivity index (χ4v) is 2.43. The number of aromatic nitrogens is 2. The first kappa shape index (κ1) is 14.8. The maximum Gasteiger partial charge on any atom is 0.0946 e. The molecule has 1 unspecified atom stereocenters. The molecule has 0 radical (unpaired) electrons. The summed E-state index contributed by atoms with van der Waals surface area (Å²) in [6.45, 7) is 6.73. The van der Waals surface area contributed by atoms with Crippen molar-refractivity contribution in [3.05, 3.63) is 53.6 Å². The van der Waals surface area contributed by atoms with Crippen molar-refractivity contribution < 1.29 is 0 Å². The van der Waals surface area contributed by atoms with Crippen LogP contribution in [0.2, 0.25) is 0 Å². The Kier molecular flexibility index (Phi) is 4.29. The molecule has 0 aliphatic carbocycles. The molecule has 3 heteroatoms. The second kappa shape index (κ2) is 5.80. The molecule has 2 aromatic rings. The summed E-state index contributed by atoms with van der Waals surface area (Å²) in [6.07, 6.45) is 4.76. The van der Waals surface area contributed by atoms with Crippen molar-refractivity contribution in [2.24, 2.45) is 7.05 Å². The smallest absolute Gasteiger partial charge is 0.0946 e. The second-order valence-electron chi connectivity index (χ2n) is 6.42. The summed E-state index contributed by atoms with van der Waals surface area (Å²) < 4.78 is 2.07. The number of imidazole rings is 1. The molecule has 0 saturated heterocycles. The Morgan fingerprint density at radius 1 is 1.20 bits per heavy atom. The Labute approximate surface area is 122 Å². The maximum absolute atomic E-state index is 4.20. The summed E-state index contributed by atoms with van der Waals surface area (Å²) >= 11 is 0. The van der Waals surface area contributed by atoms with Crippen LogP contribution in [0.3, 0.4) is 0 Å². The number of nitrogens with one attached hydrogen (secondary N) is 1. The molecule has 3 nitrogen and oxygen atoms in total. The van der Waals surface area contributed by atoms with Gasteiger partial charge in [0.15, 0.2) is 0 Å². The van der Waals surface area contributed by atoms with E-state index in [0.29, 0.717) is 6.04 Å². The lowest BCUT2D eigenvalue weighted by atomic mass is 9.86. The summed E-state index contributed by atoms with van der Waals surface area (Å²) in [7, 11) is 4.04. The van der Waals surface area contributed by atoms with E-state index in [1.165, 1.54) is 16.8 Å². The van der Waals surface area contributed by atoms with E-state index in [-0.39, 0.29) is 5.41 Å². The Morgan fingerprint density at radius 3 is 2.30 bits per heavy atom. The second-order valence-corrected chi connectivity index (χ2v) is 6.42. The van der Waals surface area contributed by atoms with Crippen LogP contribution in [0.25, 0.3) is 0 Å². The molecule has 0 bridgehead atoms. The van der Waals surface area contributed by atoms with Crippen LogP contribution in [0, 0.1) is 0 Å². The molecule has 1 aromatic carbocycles. The number of aryl methyl sites for hydroxylation is 1. The predicted molar refractivity (Wildman–Crippen MR) is 83.9 cm³/mol. The highest BCUT2D eigenvalue weighted by atomic mass is 15.1. The normalized spacial score (nSPS) is 13.4. The molecule has 0 amide bonds. The zero-order chi connectivity index (χ0) is 14.8. The summed E-state index contributed by atoms with van der Waals surface area (Å²) in [5, 5.41) is 3.38. The standard InChI is InChI=1S/C17H25N3/c1-17(2,3)14-8-6-13(7-9-14)10-15(18-4)16-11-19-12-20(16)5/h6-9,11-12,15,18H,10H2,1-5H3. The van der Waals surface area contributed by atoms with Crippen molar-refractivity contribution in [1.29, 1.82) is 0 Å². The Bertz CT molecular complexity index is 546. The molecule has 0 saturated carbocycles. The molecule has 1 N–H and O–H groups in total. The molecule has 20 heavy (non-hydrogen) atoms. The minimum absolute atomic E-state index is 0.211. The molecule has 1 heterocycles. The van der Waals surface area contributed by atoms with Gasteiger partial charge in [-0.05, 0) is 30.0 Å². The summed E-state index contributed by atoms with van der Waals surface area (Å²) in [5.74, 6) is 0. The van der Waals surface area contributed by atoms with Crippen LogP contribution in [0.15, 0.2) is 36.8 Å². The Balaban J connectivity index is 2.15. The van der Waals surface area contributed by atoms with Crippen molar-refractivity contribution >= 4 is 0 Å². The lowest BCUT2D eigenvalue weighted by Gasteiger charge is -2.20. The highest BCUT2D eigenvalue weighted by molar-refractivity contribution is 5.28. The van der Waals surface area contributed by atoms with Gasteiger partial charge in [0.2, 0.25) is 0 Å². The van der Waals surface area contributed by atoms with Gasteiger partial charge in [-0.25, -0.2) is 4.98 Å². The van der Waals surface area contributed by atoms with Crippen LogP contribution >= 0.6 is 0 Å². The van der Waals surface area contributed by atoms with E-state index in [1.807, 2.05) is 26.6 Å². The van der Waals surface area contributed by atoms with E-state index in [0.717, 1.165) is 6.42 Å². The monoisotopic (exact) mass is 271 g/mol. The van der Waals surface area contributed by atoms with E-state index >= 15 is 0 Å². The summed E-state index contributed by atoms with van der Waals surface area (Å²) in [6, 6.07) is 9.25. The Morgan fingerprint density at radius 2 is 1.85 bits per heavy atom. The molecule has 2 rings (SSSR count). The Hall–Kier alpha value is -1.61. The SMILES string of the molecule is CNC(Cc1ccc(C(C)(C)C)cc1)c1cncn1C. The number of likely N-dealkylation sites (N-methyl/N-ethyl adjacent to an activating group) is 1. The predicted octanol–water partition coefficient (Wildman–Crippen LogP) is 3.22. The third-order valence-electron chi connectivity index (χ3n) is 3.82. The van der Waals surface area contributed by atoms with E-state index in [1.54, 1.807) is 0 Å². The van der Waals surface area contributed by atoms with Gasteiger partial charge in [-0.3, -0.25) is 0 Å². The van der Waals surface area contributed by atoms with Crippen LogP contribution < -0.4 is 5.32 Å². The van der Waals surface area contributed by atoms with Crippen molar-refractivity contribution in [2.75, 3.05) is 7.05 Å². The van der Waals surface area contributed by atoms with Gasteiger partial charge in [0.25, 0.3) is 0 Å². The van der Waals surface area contributed by atoms with Gasteiger partial charge in [0.05, 0.1) is 18.1 Å². The van der Waals surface area contributed by atoms with Gasteiger partial charge >= 0.3 is 0 Å². The zero-order valence-electron chi connectivity index (χ0n) is 13.1. The molecular formula is C17H25N3. The minimum atomic E-state index is 0.211. The third-order valence-corrected chi connectivity index (χ3v) is 3.82. The number of hydrogen-bond acceptors (Lipinski definition) is 2. The molecule has 1 aromatic heterocycles. The molecule has 0 aliphatic heterocycles. The third kappa shape index (κ3) is 3.28. The van der Waals surface area contributed by atoms with Gasteiger partial charge in [-0.2, -0.15) is 0 Å². The van der Waals surface area contributed by atoms with Crippen molar-refractivity contribution in [1.82, 2.24) is 14.9 Å². The van der Waals surface area contributed by atoms with Crippen LogP contribution in [-0.2, 0) is 18.9 Å². The average molecular weight is 271 g/mol.